The summed E-state index contributed by atoms with van der Waals surface area (Å²) in [6, 6.07) is 4.72. The first-order valence-electron chi connectivity index (χ1n) is 7.51. The van der Waals surface area contributed by atoms with Crippen molar-refractivity contribution in [1.29, 1.82) is 0 Å². The molecule has 0 aromatic carbocycles. The zero-order valence-corrected chi connectivity index (χ0v) is 12.7. The molecule has 1 aliphatic rings. The van der Waals surface area contributed by atoms with Crippen molar-refractivity contribution in [2.24, 2.45) is 0 Å². The Labute approximate surface area is 117 Å². The summed E-state index contributed by atoms with van der Waals surface area (Å²) >= 11 is 0. The average Bonchev–Trinajstić information content (AvgIpc) is 2.76. The molecule has 0 bridgehead atoms. The summed E-state index contributed by atoms with van der Waals surface area (Å²) in [5, 5.41) is 3.48. The lowest BCUT2D eigenvalue weighted by Crippen LogP contribution is -2.38. The van der Waals surface area contributed by atoms with Gasteiger partial charge in [0.25, 0.3) is 0 Å². The number of rotatable bonds is 5. The molecule has 0 amide bonds. The van der Waals surface area contributed by atoms with Crippen LogP contribution in [0.5, 0.6) is 0 Å². The van der Waals surface area contributed by atoms with Gasteiger partial charge in [0.05, 0.1) is 17.6 Å². The molecule has 1 atom stereocenters. The highest BCUT2D eigenvalue weighted by Gasteiger charge is 2.32. The van der Waals surface area contributed by atoms with E-state index in [0.717, 1.165) is 25.2 Å². The number of nitrogens with zero attached hydrogens (tertiary/aromatic N) is 2. The van der Waals surface area contributed by atoms with Gasteiger partial charge < -0.3 is 10.2 Å². The molecule has 2 rings (SSSR count). The highest BCUT2D eigenvalue weighted by molar-refractivity contribution is 5.48. The van der Waals surface area contributed by atoms with Crippen LogP contribution in [0.15, 0.2) is 18.3 Å². The second-order valence-electron chi connectivity index (χ2n) is 6.18. The van der Waals surface area contributed by atoms with Gasteiger partial charge in [-0.1, -0.05) is 6.92 Å². The van der Waals surface area contributed by atoms with Gasteiger partial charge in [0, 0.05) is 18.1 Å². The third-order valence-corrected chi connectivity index (χ3v) is 4.13. The summed E-state index contributed by atoms with van der Waals surface area (Å²) in [6.45, 7) is 11.2. The maximum absolute atomic E-state index is 4.64. The minimum Gasteiger partial charge on any atom is -0.365 e. The van der Waals surface area contributed by atoms with Crippen LogP contribution in [-0.4, -0.2) is 23.6 Å². The Bertz CT molecular complexity index is 397. The van der Waals surface area contributed by atoms with Gasteiger partial charge in [-0.3, -0.25) is 4.98 Å². The van der Waals surface area contributed by atoms with Crippen molar-refractivity contribution in [3.8, 4) is 0 Å². The van der Waals surface area contributed by atoms with Crippen LogP contribution in [0, 0.1) is 0 Å². The predicted octanol–water partition coefficient (Wildman–Crippen LogP) is 3.52. The Morgan fingerprint density at radius 2 is 2.21 bits per heavy atom. The van der Waals surface area contributed by atoms with Crippen molar-refractivity contribution in [2.45, 2.75) is 58.5 Å². The number of hydrogen-bond donors (Lipinski definition) is 1. The minimum atomic E-state index is 0.273. The molecule has 0 saturated carbocycles. The maximum atomic E-state index is 4.64. The summed E-state index contributed by atoms with van der Waals surface area (Å²) in [5.74, 6) is 0. The second-order valence-corrected chi connectivity index (χ2v) is 6.18. The molecule has 106 valence electrons. The Hall–Kier alpha value is -1.09. The van der Waals surface area contributed by atoms with E-state index in [1.54, 1.807) is 0 Å². The molecule has 2 heterocycles. The highest BCUT2D eigenvalue weighted by Crippen LogP contribution is 2.33. The summed E-state index contributed by atoms with van der Waals surface area (Å²) in [5.41, 5.74) is 2.66. The van der Waals surface area contributed by atoms with Crippen LogP contribution in [-0.2, 0) is 0 Å². The topological polar surface area (TPSA) is 28.2 Å². The quantitative estimate of drug-likeness (QED) is 0.879. The van der Waals surface area contributed by atoms with Crippen molar-refractivity contribution < 1.29 is 0 Å². The van der Waals surface area contributed by atoms with E-state index in [4.69, 9.17) is 0 Å². The minimum absolute atomic E-state index is 0.273. The molecule has 19 heavy (non-hydrogen) atoms. The van der Waals surface area contributed by atoms with Crippen molar-refractivity contribution in [3.63, 3.8) is 0 Å². The normalized spacial score (nSPS) is 19.7. The molecule has 0 aliphatic carbocycles. The molecule has 3 heteroatoms. The van der Waals surface area contributed by atoms with E-state index in [0.29, 0.717) is 6.04 Å². The van der Waals surface area contributed by atoms with Crippen LogP contribution in [0.4, 0.5) is 5.69 Å². The van der Waals surface area contributed by atoms with Crippen LogP contribution in [0.2, 0.25) is 0 Å². The largest absolute Gasteiger partial charge is 0.365 e. The summed E-state index contributed by atoms with van der Waals surface area (Å²) in [6.07, 6.45) is 5.74. The van der Waals surface area contributed by atoms with Gasteiger partial charge in [0.1, 0.15) is 0 Å². The summed E-state index contributed by atoms with van der Waals surface area (Å²) in [7, 11) is 0. The lowest BCUT2D eigenvalue weighted by atomic mass is 10.0. The van der Waals surface area contributed by atoms with Gasteiger partial charge in [-0.25, -0.2) is 0 Å². The van der Waals surface area contributed by atoms with Crippen molar-refractivity contribution >= 4 is 5.69 Å². The predicted molar refractivity (Wildman–Crippen MR) is 81.6 cm³/mol. The molecule has 1 fully saturated rings. The first-order chi connectivity index (χ1) is 9.04. The standard InChI is InChI=1S/C16H27N3/c1-5-10-17-13(2)15-8-7-14(12-18-15)19-11-6-9-16(19,3)4/h7-8,12-13,17H,5-6,9-11H2,1-4H3. The van der Waals surface area contributed by atoms with Crippen LogP contribution in [0.25, 0.3) is 0 Å². The van der Waals surface area contributed by atoms with E-state index in [2.05, 4.69) is 55.0 Å². The lowest BCUT2D eigenvalue weighted by Gasteiger charge is -2.33. The molecule has 1 unspecified atom stereocenters. The molecule has 0 radical (unpaired) electrons. The van der Waals surface area contributed by atoms with E-state index in [1.807, 2.05) is 6.20 Å². The van der Waals surface area contributed by atoms with Gasteiger partial charge in [0.2, 0.25) is 0 Å². The van der Waals surface area contributed by atoms with Crippen LogP contribution in [0.1, 0.15) is 58.7 Å². The molecular formula is C16H27N3. The van der Waals surface area contributed by atoms with Crippen LogP contribution in [0.3, 0.4) is 0 Å². The smallest absolute Gasteiger partial charge is 0.0572 e. The average molecular weight is 261 g/mol. The number of aromatic nitrogens is 1. The van der Waals surface area contributed by atoms with E-state index in [1.165, 1.54) is 18.5 Å². The summed E-state index contributed by atoms with van der Waals surface area (Å²) in [4.78, 5) is 7.12. The molecule has 1 N–H and O–H groups in total. The SMILES string of the molecule is CCCNC(C)c1ccc(N2CCCC2(C)C)cn1. The number of pyridine rings is 1. The first-order valence-corrected chi connectivity index (χ1v) is 7.51. The van der Waals surface area contributed by atoms with Gasteiger partial charge in [-0.15, -0.1) is 0 Å². The van der Waals surface area contributed by atoms with Crippen molar-refractivity contribution in [3.05, 3.63) is 24.0 Å². The fourth-order valence-corrected chi connectivity index (χ4v) is 2.86. The molecular weight excluding hydrogens is 234 g/mol. The zero-order valence-electron chi connectivity index (χ0n) is 12.7. The number of hydrogen-bond acceptors (Lipinski definition) is 3. The van der Waals surface area contributed by atoms with Crippen molar-refractivity contribution in [1.82, 2.24) is 10.3 Å². The van der Waals surface area contributed by atoms with E-state index in [9.17, 15) is 0 Å². The molecule has 0 spiro atoms. The van der Waals surface area contributed by atoms with Gasteiger partial charge in [-0.2, -0.15) is 0 Å². The van der Waals surface area contributed by atoms with E-state index >= 15 is 0 Å². The van der Waals surface area contributed by atoms with E-state index in [-0.39, 0.29) is 5.54 Å². The maximum Gasteiger partial charge on any atom is 0.0572 e. The Morgan fingerprint density at radius 1 is 1.42 bits per heavy atom. The fourth-order valence-electron chi connectivity index (χ4n) is 2.86. The van der Waals surface area contributed by atoms with Gasteiger partial charge in [0.15, 0.2) is 0 Å². The van der Waals surface area contributed by atoms with Crippen LogP contribution >= 0.6 is 0 Å². The second kappa shape index (κ2) is 5.91. The fraction of sp³-hybridized carbons (Fsp3) is 0.688. The lowest BCUT2D eigenvalue weighted by molar-refractivity contribution is 0.516. The highest BCUT2D eigenvalue weighted by atomic mass is 15.2. The monoisotopic (exact) mass is 261 g/mol. The van der Waals surface area contributed by atoms with Gasteiger partial charge in [-0.05, 0) is 58.7 Å². The van der Waals surface area contributed by atoms with Crippen molar-refractivity contribution in [2.75, 3.05) is 18.0 Å². The van der Waals surface area contributed by atoms with Crippen LogP contribution < -0.4 is 10.2 Å². The Morgan fingerprint density at radius 3 is 2.74 bits per heavy atom. The Balaban J connectivity index is 2.06. The summed E-state index contributed by atoms with van der Waals surface area (Å²) < 4.78 is 0. The van der Waals surface area contributed by atoms with Gasteiger partial charge >= 0.3 is 0 Å². The molecule has 3 nitrogen and oxygen atoms in total. The molecule has 1 aliphatic heterocycles. The van der Waals surface area contributed by atoms with E-state index < -0.39 is 0 Å². The molecule has 1 aromatic rings. The third kappa shape index (κ3) is 3.27. The first kappa shape index (κ1) is 14.3. The Kier molecular flexibility index (Phi) is 4.46. The number of anilines is 1. The zero-order chi connectivity index (χ0) is 13.9. The third-order valence-electron chi connectivity index (χ3n) is 4.13. The number of nitrogens with one attached hydrogen (secondary N) is 1. The molecule has 1 aromatic heterocycles. The molecule has 1 saturated heterocycles.